The summed E-state index contributed by atoms with van der Waals surface area (Å²) in [6.07, 6.45) is 2.64. The van der Waals surface area contributed by atoms with Gasteiger partial charge in [0, 0.05) is 31.4 Å². The van der Waals surface area contributed by atoms with Crippen LogP contribution in [0, 0.1) is 5.82 Å². The first-order valence-electron chi connectivity index (χ1n) is 5.80. The Morgan fingerprint density at radius 3 is 2.83 bits per heavy atom. The summed E-state index contributed by atoms with van der Waals surface area (Å²) >= 11 is 5.62. The van der Waals surface area contributed by atoms with Crippen LogP contribution in [0.2, 0.25) is 5.02 Å². The second kappa shape index (κ2) is 6.47. The maximum atomic E-state index is 13.2. The van der Waals surface area contributed by atoms with Gasteiger partial charge in [-0.05, 0) is 29.8 Å². The Balaban J connectivity index is 1.77. The minimum atomic E-state index is -0.374. The molecule has 0 aliphatic carbocycles. The van der Waals surface area contributed by atoms with Gasteiger partial charge in [-0.3, -0.25) is 4.98 Å². The van der Waals surface area contributed by atoms with E-state index in [0.717, 1.165) is 24.2 Å². The lowest BCUT2D eigenvalue weighted by atomic mass is 10.2. The largest absolute Gasteiger partial charge is 0.312 e. The Bertz CT molecular complexity index is 502. The van der Waals surface area contributed by atoms with Gasteiger partial charge < -0.3 is 5.32 Å². The number of aromatic nitrogens is 1. The van der Waals surface area contributed by atoms with E-state index in [0.29, 0.717) is 6.54 Å². The number of hydrogen-bond donors (Lipinski definition) is 1. The highest BCUT2D eigenvalue weighted by atomic mass is 35.5. The second-order valence-electron chi connectivity index (χ2n) is 4.00. The molecule has 18 heavy (non-hydrogen) atoms. The van der Waals surface area contributed by atoms with Gasteiger partial charge in [0.2, 0.25) is 0 Å². The molecule has 2 rings (SSSR count). The number of nitrogens with zero attached hydrogens (tertiary/aromatic N) is 1. The van der Waals surface area contributed by atoms with Crippen molar-refractivity contribution in [2.75, 3.05) is 6.54 Å². The van der Waals surface area contributed by atoms with Gasteiger partial charge in [0.15, 0.2) is 0 Å². The van der Waals surface area contributed by atoms with Crippen molar-refractivity contribution in [3.05, 3.63) is 64.7 Å². The number of hydrogen-bond acceptors (Lipinski definition) is 2. The topological polar surface area (TPSA) is 24.9 Å². The van der Waals surface area contributed by atoms with Crippen molar-refractivity contribution in [2.24, 2.45) is 0 Å². The smallest absolute Gasteiger partial charge is 0.142 e. The predicted molar refractivity (Wildman–Crippen MR) is 71.1 cm³/mol. The van der Waals surface area contributed by atoms with Crippen LogP contribution in [0.1, 0.15) is 11.3 Å². The van der Waals surface area contributed by atoms with E-state index >= 15 is 0 Å². The molecular formula is C14H14ClFN2. The van der Waals surface area contributed by atoms with Crippen molar-refractivity contribution >= 4 is 11.6 Å². The van der Waals surface area contributed by atoms with Crippen molar-refractivity contribution < 1.29 is 4.39 Å². The first-order valence-corrected chi connectivity index (χ1v) is 6.18. The molecule has 0 unspecified atom stereocenters. The zero-order valence-corrected chi connectivity index (χ0v) is 10.6. The molecule has 1 aromatic carbocycles. The molecule has 0 amide bonds. The van der Waals surface area contributed by atoms with Gasteiger partial charge in [0.1, 0.15) is 5.82 Å². The fraction of sp³-hybridized carbons (Fsp3) is 0.214. The lowest BCUT2D eigenvalue weighted by molar-refractivity contribution is 0.620. The molecular weight excluding hydrogens is 251 g/mol. The lowest BCUT2D eigenvalue weighted by Crippen LogP contribution is -2.17. The van der Waals surface area contributed by atoms with Gasteiger partial charge >= 0.3 is 0 Å². The molecule has 0 fully saturated rings. The second-order valence-corrected chi connectivity index (χ2v) is 4.40. The summed E-state index contributed by atoms with van der Waals surface area (Å²) in [6.45, 7) is 1.43. The number of nitrogens with one attached hydrogen (secondary N) is 1. The molecule has 1 heterocycles. The Kier molecular flexibility index (Phi) is 4.67. The van der Waals surface area contributed by atoms with Crippen LogP contribution in [0.25, 0.3) is 0 Å². The van der Waals surface area contributed by atoms with Crippen molar-refractivity contribution in [1.29, 1.82) is 0 Å². The quantitative estimate of drug-likeness (QED) is 0.839. The van der Waals surface area contributed by atoms with E-state index < -0.39 is 0 Å². The first-order chi connectivity index (χ1) is 8.75. The monoisotopic (exact) mass is 264 g/mol. The van der Waals surface area contributed by atoms with E-state index in [1.807, 2.05) is 24.3 Å². The Morgan fingerprint density at radius 2 is 2.11 bits per heavy atom. The normalized spacial score (nSPS) is 10.6. The van der Waals surface area contributed by atoms with Gasteiger partial charge in [-0.25, -0.2) is 4.39 Å². The standard InChI is InChI=1S/C14H14ClFN2/c15-13-5-4-11(9-14(13)16)10-17-8-6-12-3-1-2-7-18-12/h1-5,7,9,17H,6,8,10H2. The first kappa shape index (κ1) is 13.0. The van der Waals surface area contributed by atoms with Gasteiger partial charge in [-0.15, -0.1) is 0 Å². The Hall–Kier alpha value is -1.45. The fourth-order valence-corrected chi connectivity index (χ4v) is 1.76. The molecule has 2 aromatic rings. The lowest BCUT2D eigenvalue weighted by Gasteiger charge is -2.05. The van der Waals surface area contributed by atoms with Crippen molar-refractivity contribution in [2.45, 2.75) is 13.0 Å². The summed E-state index contributed by atoms with van der Waals surface area (Å²) in [7, 11) is 0. The number of pyridine rings is 1. The van der Waals surface area contributed by atoms with E-state index in [9.17, 15) is 4.39 Å². The zero-order chi connectivity index (χ0) is 12.8. The van der Waals surface area contributed by atoms with E-state index in [2.05, 4.69) is 10.3 Å². The Labute approximate surface area is 111 Å². The summed E-state index contributed by atoms with van der Waals surface area (Å²) in [4.78, 5) is 4.23. The predicted octanol–water partition coefficient (Wildman–Crippen LogP) is 3.21. The van der Waals surface area contributed by atoms with Gasteiger partial charge in [-0.1, -0.05) is 23.7 Å². The SMILES string of the molecule is Fc1cc(CNCCc2ccccn2)ccc1Cl. The summed E-state index contributed by atoms with van der Waals surface area (Å²) in [5.41, 5.74) is 1.94. The van der Waals surface area contributed by atoms with Gasteiger partial charge in [0.05, 0.1) is 5.02 Å². The average molecular weight is 265 g/mol. The van der Waals surface area contributed by atoms with Crippen LogP contribution < -0.4 is 5.32 Å². The minimum Gasteiger partial charge on any atom is -0.312 e. The van der Waals surface area contributed by atoms with E-state index in [4.69, 9.17) is 11.6 Å². The molecule has 2 nitrogen and oxygen atoms in total. The summed E-state index contributed by atoms with van der Waals surface area (Å²) in [5, 5.41) is 3.41. The molecule has 0 saturated carbocycles. The fourth-order valence-electron chi connectivity index (χ4n) is 1.64. The molecule has 0 atom stereocenters. The molecule has 1 aromatic heterocycles. The highest BCUT2D eigenvalue weighted by Gasteiger charge is 2.00. The van der Waals surface area contributed by atoms with Crippen LogP contribution in [0.15, 0.2) is 42.6 Å². The number of rotatable bonds is 5. The van der Waals surface area contributed by atoms with Gasteiger partial charge in [0.25, 0.3) is 0 Å². The highest BCUT2D eigenvalue weighted by Crippen LogP contribution is 2.15. The molecule has 94 valence electrons. The van der Waals surface area contributed by atoms with Crippen molar-refractivity contribution in [1.82, 2.24) is 10.3 Å². The maximum absolute atomic E-state index is 13.2. The summed E-state index contributed by atoms with van der Waals surface area (Å²) in [6, 6.07) is 10.7. The molecule has 0 radical (unpaired) electrons. The molecule has 0 bridgehead atoms. The zero-order valence-electron chi connectivity index (χ0n) is 9.87. The third-order valence-electron chi connectivity index (χ3n) is 2.60. The van der Waals surface area contributed by atoms with Crippen molar-refractivity contribution in [3.63, 3.8) is 0 Å². The van der Waals surface area contributed by atoms with E-state index in [-0.39, 0.29) is 10.8 Å². The van der Waals surface area contributed by atoms with E-state index in [1.54, 1.807) is 12.3 Å². The number of halogens is 2. The van der Waals surface area contributed by atoms with Gasteiger partial charge in [-0.2, -0.15) is 0 Å². The molecule has 0 spiro atoms. The highest BCUT2D eigenvalue weighted by molar-refractivity contribution is 6.30. The minimum absolute atomic E-state index is 0.159. The molecule has 4 heteroatoms. The van der Waals surface area contributed by atoms with E-state index in [1.165, 1.54) is 6.07 Å². The maximum Gasteiger partial charge on any atom is 0.142 e. The third-order valence-corrected chi connectivity index (χ3v) is 2.90. The van der Waals surface area contributed by atoms with Crippen LogP contribution >= 0.6 is 11.6 Å². The summed E-state index contributed by atoms with van der Waals surface area (Å²) < 4.78 is 13.2. The van der Waals surface area contributed by atoms with Crippen LogP contribution in [0.5, 0.6) is 0 Å². The van der Waals surface area contributed by atoms with Crippen LogP contribution in [-0.2, 0) is 13.0 Å². The molecule has 0 aliphatic rings. The molecule has 0 aliphatic heterocycles. The van der Waals surface area contributed by atoms with Crippen molar-refractivity contribution in [3.8, 4) is 0 Å². The number of benzene rings is 1. The van der Waals surface area contributed by atoms with Crippen LogP contribution in [0.3, 0.4) is 0 Å². The van der Waals surface area contributed by atoms with Crippen LogP contribution in [0.4, 0.5) is 4.39 Å². The Morgan fingerprint density at radius 1 is 1.22 bits per heavy atom. The molecule has 0 saturated heterocycles. The van der Waals surface area contributed by atoms with Crippen LogP contribution in [-0.4, -0.2) is 11.5 Å². The summed E-state index contributed by atoms with van der Waals surface area (Å²) in [5.74, 6) is -0.374. The average Bonchev–Trinajstić information content (AvgIpc) is 2.40. The third kappa shape index (κ3) is 3.79. The molecule has 1 N–H and O–H groups in total.